The number of hydrogen-bond acceptors (Lipinski definition) is 3. The smallest absolute Gasteiger partial charge is 0.324 e. The molecule has 0 aromatic carbocycles. The van der Waals surface area contributed by atoms with E-state index in [1.807, 2.05) is 6.92 Å². The van der Waals surface area contributed by atoms with Gasteiger partial charge >= 0.3 is 5.97 Å². The lowest BCUT2D eigenvalue weighted by Crippen LogP contribution is -2.52. The minimum absolute atomic E-state index is 0.488. The fourth-order valence-corrected chi connectivity index (χ4v) is 2.29. The van der Waals surface area contributed by atoms with Crippen molar-refractivity contribution in [1.82, 2.24) is 5.32 Å². The molecule has 2 atom stereocenters. The second-order valence-electron chi connectivity index (χ2n) is 4.82. The number of carboxylic acids is 1. The standard InChI is InChI=1S/C12H25NO2S/c1-6-7-13-12(5,11(14)15)8-16-10(4)9(2)3/h9-10,13H,6-8H2,1-5H3,(H,14,15). The Kier molecular flexibility index (Phi) is 7.07. The highest BCUT2D eigenvalue weighted by atomic mass is 32.2. The van der Waals surface area contributed by atoms with Gasteiger partial charge in [-0.3, -0.25) is 4.79 Å². The molecule has 2 unspecified atom stereocenters. The van der Waals surface area contributed by atoms with Gasteiger partial charge in [-0.05, 0) is 25.8 Å². The van der Waals surface area contributed by atoms with E-state index in [1.165, 1.54) is 0 Å². The summed E-state index contributed by atoms with van der Waals surface area (Å²) in [7, 11) is 0. The summed E-state index contributed by atoms with van der Waals surface area (Å²) in [6.07, 6.45) is 0.952. The molecule has 0 aromatic rings. The van der Waals surface area contributed by atoms with Gasteiger partial charge in [0.15, 0.2) is 0 Å². The Hall–Kier alpha value is -0.220. The molecule has 16 heavy (non-hydrogen) atoms. The van der Waals surface area contributed by atoms with Gasteiger partial charge in [0, 0.05) is 11.0 Å². The zero-order valence-electron chi connectivity index (χ0n) is 11.0. The molecular weight excluding hydrogens is 222 g/mol. The molecule has 0 amide bonds. The highest BCUT2D eigenvalue weighted by Crippen LogP contribution is 2.23. The van der Waals surface area contributed by atoms with Crippen LogP contribution in [-0.2, 0) is 4.79 Å². The third-order valence-corrected chi connectivity index (χ3v) is 4.63. The Balaban J connectivity index is 4.27. The first-order valence-electron chi connectivity index (χ1n) is 5.93. The molecule has 0 saturated carbocycles. The highest BCUT2D eigenvalue weighted by molar-refractivity contribution is 8.00. The third-order valence-electron chi connectivity index (χ3n) is 2.81. The molecule has 0 aliphatic rings. The number of aliphatic carboxylic acids is 1. The van der Waals surface area contributed by atoms with Crippen LogP contribution in [0, 0.1) is 5.92 Å². The Bertz CT molecular complexity index is 221. The van der Waals surface area contributed by atoms with Crippen molar-refractivity contribution in [3.63, 3.8) is 0 Å². The van der Waals surface area contributed by atoms with Crippen molar-refractivity contribution >= 4 is 17.7 Å². The first-order valence-corrected chi connectivity index (χ1v) is 6.98. The quantitative estimate of drug-likeness (QED) is 0.692. The average Bonchev–Trinajstić information content (AvgIpc) is 2.22. The van der Waals surface area contributed by atoms with E-state index >= 15 is 0 Å². The number of nitrogens with one attached hydrogen (secondary N) is 1. The number of thioether (sulfide) groups is 1. The largest absolute Gasteiger partial charge is 0.480 e. The summed E-state index contributed by atoms with van der Waals surface area (Å²) in [5.41, 5.74) is -0.802. The maximum atomic E-state index is 11.2. The van der Waals surface area contributed by atoms with Crippen molar-refractivity contribution in [3.05, 3.63) is 0 Å². The van der Waals surface area contributed by atoms with E-state index in [4.69, 9.17) is 0 Å². The van der Waals surface area contributed by atoms with Crippen LogP contribution in [0.25, 0.3) is 0 Å². The van der Waals surface area contributed by atoms with Crippen molar-refractivity contribution in [2.24, 2.45) is 5.92 Å². The van der Waals surface area contributed by atoms with Crippen LogP contribution in [0.5, 0.6) is 0 Å². The van der Waals surface area contributed by atoms with E-state index in [0.717, 1.165) is 13.0 Å². The van der Waals surface area contributed by atoms with Crippen LogP contribution in [0.15, 0.2) is 0 Å². The summed E-state index contributed by atoms with van der Waals surface area (Å²) in [6, 6.07) is 0. The van der Waals surface area contributed by atoms with E-state index in [2.05, 4.69) is 26.1 Å². The van der Waals surface area contributed by atoms with Crippen molar-refractivity contribution in [1.29, 1.82) is 0 Å². The normalized spacial score (nSPS) is 17.1. The van der Waals surface area contributed by atoms with Crippen molar-refractivity contribution in [3.8, 4) is 0 Å². The molecule has 0 radical (unpaired) electrons. The first-order chi connectivity index (χ1) is 7.33. The maximum absolute atomic E-state index is 11.2. The Morgan fingerprint density at radius 1 is 1.44 bits per heavy atom. The van der Waals surface area contributed by atoms with Crippen LogP contribution in [0.2, 0.25) is 0 Å². The second-order valence-corrected chi connectivity index (χ2v) is 6.19. The summed E-state index contributed by atoms with van der Waals surface area (Å²) in [5, 5.41) is 12.8. The predicted octanol–water partition coefficient (Wildman–Crippen LogP) is 2.61. The van der Waals surface area contributed by atoms with Crippen LogP contribution < -0.4 is 5.32 Å². The minimum atomic E-state index is -0.802. The summed E-state index contributed by atoms with van der Waals surface area (Å²) in [5.74, 6) is 0.431. The van der Waals surface area contributed by atoms with Gasteiger partial charge in [0.05, 0.1) is 0 Å². The van der Waals surface area contributed by atoms with Gasteiger partial charge in [-0.15, -0.1) is 0 Å². The molecule has 4 heteroatoms. The van der Waals surface area contributed by atoms with E-state index in [-0.39, 0.29) is 0 Å². The lowest BCUT2D eigenvalue weighted by molar-refractivity contribution is -0.143. The molecule has 0 aromatic heterocycles. The van der Waals surface area contributed by atoms with Gasteiger partial charge in [0.1, 0.15) is 5.54 Å². The van der Waals surface area contributed by atoms with Crippen LogP contribution in [0.3, 0.4) is 0 Å². The SMILES string of the molecule is CCCNC(C)(CSC(C)C(C)C)C(=O)O. The molecule has 96 valence electrons. The molecule has 0 aliphatic carbocycles. The van der Waals surface area contributed by atoms with Crippen LogP contribution in [0.4, 0.5) is 0 Å². The molecule has 0 aliphatic heterocycles. The lowest BCUT2D eigenvalue weighted by atomic mass is 10.1. The minimum Gasteiger partial charge on any atom is -0.480 e. The molecule has 0 rings (SSSR count). The molecule has 0 spiro atoms. The van der Waals surface area contributed by atoms with E-state index in [9.17, 15) is 9.90 Å². The summed E-state index contributed by atoms with van der Waals surface area (Å²) >= 11 is 1.73. The Labute approximate surface area is 103 Å². The molecular formula is C12H25NO2S. The topological polar surface area (TPSA) is 49.3 Å². The van der Waals surface area contributed by atoms with E-state index in [0.29, 0.717) is 16.9 Å². The van der Waals surface area contributed by atoms with E-state index < -0.39 is 11.5 Å². The number of carboxylic acid groups (broad SMARTS) is 1. The first kappa shape index (κ1) is 15.8. The molecule has 0 saturated heterocycles. The maximum Gasteiger partial charge on any atom is 0.324 e. The van der Waals surface area contributed by atoms with Crippen LogP contribution in [0.1, 0.15) is 41.0 Å². The van der Waals surface area contributed by atoms with Crippen molar-refractivity contribution in [2.75, 3.05) is 12.3 Å². The Morgan fingerprint density at radius 2 is 2.00 bits per heavy atom. The van der Waals surface area contributed by atoms with Gasteiger partial charge in [0.25, 0.3) is 0 Å². The summed E-state index contributed by atoms with van der Waals surface area (Å²) in [4.78, 5) is 11.2. The summed E-state index contributed by atoms with van der Waals surface area (Å²) < 4.78 is 0. The van der Waals surface area contributed by atoms with Crippen molar-refractivity contribution < 1.29 is 9.90 Å². The second kappa shape index (κ2) is 7.17. The highest BCUT2D eigenvalue weighted by Gasteiger charge is 2.32. The lowest BCUT2D eigenvalue weighted by Gasteiger charge is -2.28. The number of rotatable bonds is 8. The zero-order chi connectivity index (χ0) is 12.8. The third kappa shape index (κ3) is 5.21. The molecule has 0 fully saturated rings. The molecule has 3 nitrogen and oxygen atoms in total. The molecule has 2 N–H and O–H groups in total. The average molecular weight is 247 g/mol. The van der Waals surface area contributed by atoms with Crippen LogP contribution in [-0.4, -0.2) is 34.2 Å². The van der Waals surface area contributed by atoms with Gasteiger partial charge < -0.3 is 10.4 Å². The number of hydrogen-bond donors (Lipinski definition) is 2. The van der Waals surface area contributed by atoms with Crippen molar-refractivity contribution in [2.45, 2.75) is 51.8 Å². The summed E-state index contributed by atoms with van der Waals surface area (Å²) in [6.45, 7) is 11.0. The Morgan fingerprint density at radius 3 is 2.38 bits per heavy atom. The van der Waals surface area contributed by atoms with Crippen LogP contribution >= 0.6 is 11.8 Å². The van der Waals surface area contributed by atoms with Gasteiger partial charge in [-0.2, -0.15) is 11.8 Å². The predicted molar refractivity (Wildman–Crippen MR) is 71.1 cm³/mol. The number of carbonyl (C=O) groups is 1. The van der Waals surface area contributed by atoms with Gasteiger partial charge in [0.2, 0.25) is 0 Å². The van der Waals surface area contributed by atoms with E-state index in [1.54, 1.807) is 18.7 Å². The fraction of sp³-hybridized carbons (Fsp3) is 0.917. The fourth-order valence-electron chi connectivity index (χ4n) is 1.08. The van der Waals surface area contributed by atoms with Gasteiger partial charge in [-0.25, -0.2) is 0 Å². The monoisotopic (exact) mass is 247 g/mol. The molecule has 0 heterocycles. The molecule has 0 bridgehead atoms. The van der Waals surface area contributed by atoms with Gasteiger partial charge in [-0.1, -0.05) is 27.7 Å². The zero-order valence-corrected chi connectivity index (χ0v) is 11.9.